The first-order valence-electron chi connectivity index (χ1n) is 9.91. The Kier molecular flexibility index (Phi) is 7.07. The topological polar surface area (TPSA) is 79.0 Å². The van der Waals surface area contributed by atoms with Gasteiger partial charge in [-0.2, -0.15) is 0 Å². The summed E-state index contributed by atoms with van der Waals surface area (Å²) in [6, 6.07) is 3.99. The Labute approximate surface area is 170 Å². The molecule has 3 rings (SSSR count). The largest absolute Gasteiger partial charge is 0.469 e. The molecule has 2 fully saturated rings. The maximum atomic E-state index is 12.6. The number of carbonyl (C=O) groups excluding carboxylic acids is 3. The van der Waals surface area contributed by atoms with Gasteiger partial charge in [0.2, 0.25) is 5.91 Å². The van der Waals surface area contributed by atoms with Gasteiger partial charge in [0.15, 0.2) is 0 Å². The summed E-state index contributed by atoms with van der Waals surface area (Å²) >= 11 is 1.51. The number of piperidine rings is 2. The van der Waals surface area contributed by atoms with Crippen molar-refractivity contribution in [2.45, 2.75) is 38.6 Å². The molecule has 2 aliphatic rings. The van der Waals surface area contributed by atoms with Crippen LogP contribution in [0.1, 0.15) is 40.2 Å². The first kappa shape index (κ1) is 20.8. The van der Waals surface area contributed by atoms with Gasteiger partial charge in [0.05, 0.1) is 24.4 Å². The molecule has 0 spiro atoms. The van der Waals surface area contributed by atoms with E-state index in [0.717, 1.165) is 35.7 Å². The Hall–Kier alpha value is -1.93. The van der Waals surface area contributed by atoms with Crippen molar-refractivity contribution in [1.82, 2.24) is 15.1 Å². The van der Waals surface area contributed by atoms with Crippen LogP contribution in [0.3, 0.4) is 0 Å². The second-order valence-corrected chi connectivity index (χ2v) is 8.90. The molecular weight excluding hydrogens is 378 g/mol. The Morgan fingerprint density at radius 3 is 2.36 bits per heavy atom. The molecule has 2 saturated heterocycles. The highest BCUT2D eigenvalue weighted by Gasteiger charge is 2.29. The Balaban J connectivity index is 1.38. The van der Waals surface area contributed by atoms with E-state index in [1.54, 1.807) is 0 Å². The summed E-state index contributed by atoms with van der Waals surface area (Å²) < 4.78 is 4.79. The van der Waals surface area contributed by atoms with Gasteiger partial charge in [-0.1, -0.05) is 0 Å². The maximum Gasteiger partial charge on any atom is 0.308 e. The highest BCUT2D eigenvalue weighted by Crippen LogP contribution is 2.20. The maximum absolute atomic E-state index is 12.6. The first-order chi connectivity index (χ1) is 13.5. The fourth-order valence-corrected chi connectivity index (χ4v) is 4.64. The number of rotatable bonds is 5. The van der Waals surface area contributed by atoms with Crippen molar-refractivity contribution >= 4 is 29.1 Å². The van der Waals surface area contributed by atoms with Gasteiger partial charge in [-0.25, -0.2) is 0 Å². The van der Waals surface area contributed by atoms with Crippen LogP contribution >= 0.6 is 11.3 Å². The van der Waals surface area contributed by atoms with E-state index in [9.17, 15) is 14.4 Å². The number of hydrogen-bond donors (Lipinski definition) is 1. The zero-order chi connectivity index (χ0) is 20.1. The predicted molar refractivity (Wildman–Crippen MR) is 107 cm³/mol. The Morgan fingerprint density at radius 1 is 1.11 bits per heavy atom. The minimum absolute atomic E-state index is 0.00102. The van der Waals surface area contributed by atoms with Gasteiger partial charge >= 0.3 is 5.97 Å². The van der Waals surface area contributed by atoms with Crippen LogP contribution in [0.4, 0.5) is 0 Å². The smallest absolute Gasteiger partial charge is 0.308 e. The van der Waals surface area contributed by atoms with Gasteiger partial charge in [0.1, 0.15) is 0 Å². The second kappa shape index (κ2) is 9.52. The predicted octanol–water partition coefficient (Wildman–Crippen LogP) is 1.66. The molecule has 0 atom stereocenters. The number of nitrogens with one attached hydrogen (secondary N) is 1. The molecule has 0 bridgehead atoms. The second-order valence-electron chi connectivity index (χ2n) is 7.61. The van der Waals surface area contributed by atoms with Crippen LogP contribution in [0.5, 0.6) is 0 Å². The highest BCUT2D eigenvalue weighted by molar-refractivity contribution is 7.13. The summed E-state index contributed by atoms with van der Waals surface area (Å²) in [5.74, 6) is -0.129. The van der Waals surface area contributed by atoms with Gasteiger partial charge < -0.3 is 15.0 Å². The third kappa shape index (κ3) is 5.32. The van der Waals surface area contributed by atoms with Crippen LogP contribution in [0.15, 0.2) is 12.1 Å². The standard InChI is InChI=1S/C20H29N3O4S/c1-14-3-4-17(28-14)19(25)21-16-7-9-22(10-8-16)13-18(24)23-11-5-15(6-12-23)20(26)27-2/h3-4,15-16H,5-13H2,1-2H3,(H,21,25). The van der Waals surface area contributed by atoms with Crippen molar-refractivity contribution in [2.75, 3.05) is 39.8 Å². The van der Waals surface area contributed by atoms with Gasteiger partial charge in [-0.3, -0.25) is 19.3 Å². The Bertz CT molecular complexity index is 704. The molecule has 7 nitrogen and oxygen atoms in total. The lowest BCUT2D eigenvalue weighted by atomic mass is 9.97. The lowest BCUT2D eigenvalue weighted by Crippen LogP contribution is -2.49. The number of ether oxygens (including phenoxy) is 1. The number of carbonyl (C=O) groups is 3. The van der Waals surface area contributed by atoms with Crippen LogP contribution in [0, 0.1) is 12.8 Å². The summed E-state index contributed by atoms with van der Waals surface area (Å²) in [5.41, 5.74) is 0. The molecule has 0 radical (unpaired) electrons. The summed E-state index contributed by atoms with van der Waals surface area (Å²) in [6.45, 7) is 5.25. The van der Waals surface area contributed by atoms with Gasteiger partial charge in [0.25, 0.3) is 5.91 Å². The van der Waals surface area contributed by atoms with Crippen LogP contribution in [-0.2, 0) is 14.3 Å². The van der Waals surface area contributed by atoms with Crippen molar-refractivity contribution in [3.63, 3.8) is 0 Å². The number of methoxy groups -OCH3 is 1. The molecule has 0 aliphatic carbocycles. The minimum Gasteiger partial charge on any atom is -0.469 e. The monoisotopic (exact) mass is 407 g/mol. The average Bonchev–Trinajstić information content (AvgIpc) is 3.15. The average molecular weight is 408 g/mol. The third-order valence-electron chi connectivity index (χ3n) is 5.63. The SMILES string of the molecule is COC(=O)C1CCN(C(=O)CN2CCC(NC(=O)c3ccc(C)s3)CC2)CC1. The summed E-state index contributed by atoms with van der Waals surface area (Å²) in [4.78, 5) is 42.3. The number of thiophene rings is 1. The fourth-order valence-electron chi connectivity index (χ4n) is 3.87. The number of nitrogens with zero attached hydrogens (tertiary/aromatic N) is 2. The van der Waals surface area contributed by atoms with E-state index in [0.29, 0.717) is 32.5 Å². The van der Waals surface area contributed by atoms with Crippen LogP contribution in [-0.4, -0.2) is 73.5 Å². The van der Waals surface area contributed by atoms with E-state index in [1.807, 2.05) is 24.0 Å². The zero-order valence-corrected chi connectivity index (χ0v) is 17.4. The van der Waals surface area contributed by atoms with Crippen LogP contribution in [0.25, 0.3) is 0 Å². The molecule has 0 aromatic carbocycles. The molecule has 1 aromatic rings. The molecule has 2 amide bonds. The molecule has 8 heteroatoms. The lowest BCUT2D eigenvalue weighted by molar-refractivity contribution is -0.149. The number of esters is 1. The molecule has 28 heavy (non-hydrogen) atoms. The Morgan fingerprint density at radius 2 is 1.79 bits per heavy atom. The molecule has 0 unspecified atom stereocenters. The van der Waals surface area contributed by atoms with Crippen molar-refractivity contribution in [1.29, 1.82) is 0 Å². The fraction of sp³-hybridized carbons (Fsp3) is 0.650. The van der Waals surface area contributed by atoms with E-state index in [1.165, 1.54) is 18.4 Å². The van der Waals surface area contributed by atoms with Crippen molar-refractivity contribution in [3.05, 3.63) is 21.9 Å². The number of likely N-dealkylation sites (tertiary alicyclic amines) is 2. The molecule has 154 valence electrons. The van der Waals surface area contributed by atoms with Gasteiger partial charge in [-0.15, -0.1) is 11.3 Å². The zero-order valence-electron chi connectivity index (χ0n) is 16.6. The van der Waals surface area contributed by atoms with E-state index >= 15 is 0 Å². The van der Waals surface area contributed by atoms with Crippen molar-refractivity contribution < 1.29 is 19.1 Å². The van der Waals surface area contributed by atoms with Crippen LogP contribution in [0.2, 0.25) is 0 Å². The van der Waals surface area contributed by atoms with E-state index in [4.69, 9.17) is 4.74 Å². The molecule has 3 heterocycles. The lowest BCUT2D eigenvalue weighted by Gasteiger charge is -2.35. The molecule has 0 saturated carbocycles. The van der Waals surface area contributed by atoms with E-state index in [-0.39, 0.29) is 29.7 Å². The first-order valence-corrected chi connectivity index (χ1v) is 10.7. The van der Waals surface area contributed by atoms with Gasteiger partial charge in [-0.05, 0) is 44.7 Å². The van der Waals surface area contributed by atoms with Crippen molar-refractivity contribution in [3.8, 4) is 0 Å². The summed E-state index contributed by atoms with van der Waals surface area (Å²) in [7, 11) is 1.41. The molecule has 1 aromatic heterocycles. The van der Waals surface area contributed by atoms with Crippen LogP contribution < -0.4 is 5.32 Å². The summed E-state index contributed by atoms with van der Waals surface area (Å²) in [6.07, 6.45) is 3.06. The summed E-state index contributed by atoms with van der Waals surface area (Å²) in [5, 5.41) is 3.11. The third-order valence-corrected chi connectivity index (χ3v) is 6.63. The minimum atomic E-state index is -0.172. The quantitative estimate of drug-likeness (QED) is 0.751. The number of aryl methyl sites for hydroxylation is 1. The highest BCUT2D eigenvalue weighted by atomic mass is 32.1. The van der Waals surface area contributed by atoms with E-state index in [2.05, 4.69) is 10.2 Å². The van der Waals surface area contributed by atoms with Gasteiger partial charge in [0, 0.05) is 37.1 Å². The number of amides is 2. The van der Waals surface area contributed by atoms with Crippen molar-refractivity contribution in [2.24, 2.45) is 5.92 Å². The molecule has 2 aliphatic heterocycles. The molecular formula is C20H29N3O4S. The normalized spacial score (nSPS) is 19.4. The number of hydrogen-bond acceptors (Lipinski definition) is 6. The van der Waals surface area contributed by atoms with E-state index < -0.39 is 0 Å². The molecule has 1 N–H and O–H groups in total.